The van der Waals surface area contributed by atoms with Crippen molar-refractivity contribution in [3.8, 4) is 0 Å². The average Bonchev–Trinajstić information content (AvgIpc) is 3.22. The number of hydrogen-bond acceptors (Lipinski definition) is 3. The van der Waals surface area contributed by atoms with Crippen molar-refractivity contribution >= 4 is 22.4 Å². The van der Waals surface area contributed by atoms with E-state index in [1.807, 2.05) is 18.2 Å². The predicted octanol–water partition coefficient (Wildman–Crippen LogP) is 7.23. The SMILES string of the molecule is CCCCCCC(C)C.CCc1ccccc1Cc1cc2c3ccccc3nc(N)n2n1. The second-order valence-electron chi connectivity index (χ2n) is 8.96. The molecular weight excluding hydrogens is 392 g/mol. The van der Waals surface area contributed by atoms with E-state index in [1.165, 1.54) is 43.2 Å². The molecule has 4 nitrogen and oxygen atoms in total. The molecular formula is C28H38N4. The van der Waals surface area contributed by atoms with Crippen LogP contribution in [0.25, 0.3) is 16.4 Å². The summed E-state index contributed by atoms with van der Waals surface area (Å²) in [7, 11) is 0. The Bertz CT molecular complexity index is 1130. The minimum Gasteiger partial charge on any atom is -0.368 e. The van der Waals surface area contributed by atoms with Gasteiger partial charge in [0.2, 0.25) is 5.95 Å². The van der Waals surface area contributed by atoms with Gasteiger partial charge >= 0.3 is 0 Å². The molecule has 0 bridgehead atoms. The van der Waals surface area contributed by atoms with E-state index >= 15 is 0 Å². The first kappa shape index (κ1) is 23.8. The summed E-state index contributed by atoms with van der Waals surface area (Å²) in [6, 6.07) is 18.6. The van der Waals surface area contributed by atoms with Gasteiger partial charge < -0.3 is 5.73 Å². The van der Waals surface area contributed by atoms with E-state index < -0.39 is 0 Å². The van der Waals surface area contributed by atoms with Gasteiger partial charge in [-0.3, -0.25) is 0 Å². The number of nitrogens with two attached hydrogens (primary N) is 1. The van der Waals surface area contributed by atoms with Crippen molar-refractivity contribution in [2.24, 2.45) is 5.92 Å². The highest BCUT2D eigenvalue weighted by Gasteiger charge is 2.11. The first-order valence-corrected chi connectivity index (χ1v) is 12.1. The molecule has 0 unspecified atom stereocenters. The standard InChI is InChI=1S/C19H18N4.C9H20/c1-2-13-7-3-4-8-14(13)11-15-12-18-16-9-5-6-10-17(16)21-19(20)23(18)22-15;1-4-5-6-7-8-9(2)3/h3-10,12H,2,11H2,1H3,(H2,20,21);9H,4-8H2,1-3H3. The van der Waals surface area contributed by atoms with E-state index in [9.17, 15) is 0 Å². The summed E-state index contributed by atoms with van der Waals surface area (Å²) in [6.45, 7) is 9.03. The summed E-state index contributed by atoms with van der Waals surface area (Å²) >= 11 is 0. The van der Waals surface area contributed by atoms with Crippen molar-refractivity contribution in [2.45, 2.75) is 72.6 Å². The summed E-state index contributed by atoms with van der Waals surface area (Å²) in [6.07, 6.45) is 8.90. The van der Waals surface area contributed by atoms with Crippen LogP contribution in [0.15, 0.2) is 54.6 Å². The molecule has 170 valence electrons. The largest absolute Gasteiger partial charge is 0.368 e. The molecule has 0 fully saturated rings. The van der Waals surface area contributed by atoms with Gasteiger partial charge in [0.25, 0.3) is 0 Å². The second kappa shape index (κ2) is 11.7. The summed E-state index contributed by atoms with van der Waals surface area (Å²) in [5, 5.41) is 5.74. The van der Waals surface area contributed by atoms with Gasteiger partial charge in [0, 0.05) is 11.8 Å². The van der Waals surface area contributed by atoms with Crippen molar-refractivity contribution in [1.29, 1.82) is 0 Å². The van der Waals surface area contributed by atoms with Crippen LogP contribution in [0.2, 0.25) is 0 Å². The van der Waals surface area contributed by atoms with E-state index in [-0.39, 0.29) is 0 Å². The van der Waals surface area contributed by atoms with Gasteiger partial charge in [-0.05, 0) is 35.6 Å². The van der Waals surface area contributed by atoms with Gasteiger partial charge in [-0.15, -0.1) is 0 Å². The number of nitrogens with zero attached hydrogens (tertiary/aromatic N) is 3. The number of rotatable bonds is 8. The maximum absolute atomic E-state index is 6.07. The zero-order chi connectivity index (χ0) is 22.9. The first-order valence-electron chi connectivity index (χ1n) is 12.1. The van der Waals surface area contributed by atoms with Crippen LogP contribution in [-0.2, 0) is 12.8 Å². The summed E-state index contributed by atoms with van der Waals surface area (Å²) in [4.78, 5) is 4.44. The molecule has 0 aliphatic rings. The fourth-order valence-electron chi connectivity index (χ4n) is 4.09. The van der Waals surface area contributed by atoms with Gasteiger partial charge in [0.1, 0.15) is 0 Å². The van der Waals surface area contributed by atoms with Crippen molar-refractivity contribution in [1.82, 2.24) is 14.6 Å². The van der Waals surface area contributed by atoms with E-state index in [0.29, 0.717) is 5.95 Å². The van der Waals surface area contributed by atoms with Crippen LogP contribution < -0.4 is 5.73 Å². The van der Waals surface area contributed by atoms with Crippen LogP contribution in [-0.4, -0.2) is 14.6 Å². The molecule has 0 aliphatic heterocycles. The summed E-state index contributed by atoms with van der Waals surface area (Å²) in [5.41, 5.74) is 11.7. The fourth-order valence-corrected chi connectivity index (χ4v) is 4.09. The molecule has 2 aromatic carbocycles. The lowest BCUT2D eigenvalue weighted by Gasteiger charge is -2.05. The molecule has 2 N–H and O–H groups in total. The molecule has 0 saturated carbocycles. The van der Waals surface area contributed by atoms with E-state index in [4.69, 9.17) is 5.73 Å². The topological polar surface area (TPSA) is 56.2 Å². The molecule has 0 saturated heterocycles. The maximum atomic E-state index is 6.07. The Balaban J connectivity index is 0.000000275. The van der Waals surface area contributed by atoms with Crippen molar-refractivity contribution < 1.29 is 0 Å². The molecule has 4 heteroatoms. The smallest absolute Gasteiger partial charge is 0.222 e. The monoisotopic (exact) mass is 430 g/mol. The van der Waals surface area contributed by atoms with Crippen molar-refractivity contribution in [3.63, 3.8) is 0 Å². The zero-order valence-corrected chi connectivity index (χ0v) is 20.1. The number of anilines is 1. The number of aryl methyl sites for hydroxylation is 1. The van der Waals surface area contributed by atoms with Gasteiger partial charge in [-0.25, -0.2) is 4.98 Å². The van der Waals surface area contributed by atoms with Crippen LogP contribution in [0.4, 0.5) is 5.95 Å². The lowest BCUT2D eigenvalue weighted by Crippen LogP contribution is -2.03. The Morgan fingerprint density at radius 1 is 0.906 bits per heavy atom. The van der Waals surface area contributed by atoms with Gasteiger partial charge in [0.15, 0.2) is 0 Å². The van der Waals surface area contributed by atoms with E-state index in [2.05, 4.69) is 74.2 Å². The third-order valence-electron chi connectivity index (χ3n) is 5.90. The normalized spacial score (nSPS) is 11.2. The fraction of sp³-hybridized carbons (Fsp3) is 0.429. The van der Waals surface area contributed by atoms with Crippen LogP contribution in [0.3, 0.4) is 0 Å². The molecule has 0 spiro atoms. The van der Waals surface area contributed by atoms with E-state index in [1.54, 1.807) is 4.52 Å². The summed E-state index contributed by atoms with van der Waals surface area (Å²) < 4.78 is 1.74. The number of benzene rings is 2. The van der Waals surface area contributed by atoms with Crippen molar-refractivity contribution in [3.05, 3.63) is 71.4 Å². The lowest BCUT2D eigenvalue weighted by molar-refractivity contribution is 0.525. The number of unbranched alkanes of at least 4 members (excludes halogenated alkanes) is 3. The van der Waals surface area contributed by atoms with Crippen LogP contribution in [0.5, 0.6) is 0 Å². The molecule has 4 rings (SSSR count). The van der Waals surface area contributed by atoms with Gasteiger partial charge in [0.05, 0.1) is 16.7 Å². The van der Waals surface area contributed by atoms with Gasteiger partial charge in [-0.2, -0.15) is 9.61 Å². The number of nitrogen functional groups attached to an aromatic ring is 1. The molecule has 0 radical (unpaired) electrons. The van der Waals surface area contributed by atoms with E-state index in [0.717, 1.165) is 40.9 Å². The molecule has 2 aromatic heterocycles. The highest BCUT2D eigenvalue weighted by Crippen LogP contribution is 2.23. The minimum atomic E-state index is 0.425. The number of para-hydroxylation sites is 1. The predicted molar refractivity (Wildman–Crippen MR) is 137 cm³/mol. The average molecular weight is 431 g/mol. The zero-order valence-electron chi connectivity index (χ0n) is 20.1. The van der Waals surface area contributed by atoms with Crippen LogP contribution >= 0.6 is 0 Å². The Morgan fingerprint density at radius 2 is 1.62 bits per heavy atom. The Hall–Kier alpha value is -2.88. The molecule has 0 atom stereocenters. The highest BCUT2D eigenvalue weighted by atomic mass is 15.3. The Labute approximate surface area is 192 Å². The second-order valence-corrected chi connectivity index (χ2v) is 8.96. The van der Waals surface area contributed by atoms with Crippen LogP contribution in [0, 0.1) is 5.92 Å². The Morgan fingerprint density at radius 3 is 2.34 bits per heavy atom. The number of hydrogen-bond donors (Lipinski definition) is 1. The first-order chi connectivity index (χ1) is 15.5. The third-order valence-corrected chi connectivity index (χ3v) is 5.90. The number of fused-ring (bicyclic) bond motifs is 3. The molecule has 0 amide bonds. The molecule has 32 heavy (non-hydrogen) atoms. The quantitative estimate of drug-likeness (QED) is 0.300. The van der Waals surface area contributed by atoms with Gasteiger partial charge in [-0.1, -0.05) is 102 Å². The lowest BCUT2D eigenvalue weighted by atomic mass is 10.0. The Kier molecular flexibility index (Phi) is 8.66. The third kappa shape index (κ3) is 6.09. The van der Waals surface area contributed by atoms with Crippen molar-refractivity contribution in [2.75, 3.05) is 5.73 Å². The highest BCUT2D eigenvalue weighted by molar-refractivity contribution is 5.94. The van der Waals surface area contributed by atoms with Crippen LogP contribution in [0.1, 0.15) is 76.6 Å². The number of aromatic nitrogens is 3. The molecule has 4 aromatic rings. The minimum absolute atomic E-state index is 0.425. The molecule has 0 aliphatic carbocycles. The summed E-state index contributed by atoms with van der Waals surface area (Å²) in [5.74, 6) is 1.33. The molecule has 2 heterocycles. The maximum Gasteiger partial charge on any atom is 0.222 e.